The van der Waals surface area contributed by atoms with E-state index in [1.165, 1.54) is 0 Å². The number of unbranched alkanes of at least 4 members (excludes halogenated alkanes) is 1. The highest BCUT2D eigenvalue weighted by Gasteiger charge is 2.14. The average Bonchev–Trinajstić information content (AvgIpc) is 3.23. The van der Waals surface area contributed by atoms with Gasteiger partial charge in [0.05, 0.1) is 11.0 Å². The minimum Gasteiger partial charge on any atom is -0.367 e. The molecule has 4 rings (SSSR count). The van der Waals surface area contributed by atoms with Crippen LogP contribution < -0.4 is 16.0 Å². The summed E-state index contributed by atoms with van der Waals surface area (Å²) in [5, 5.41) is 17.7. The summed E-state index contributed by atoms with van der Waals surface area (Å²) in [5.74, 6) is 1.17. The third kappa shape index (κ3) is 5.14. The second-order valence-corrected chi connectivity index (χ2v) is 8.47. The van der Waals surface area contributed by atoms with Gasteiger partial charge in [0.25, 0.3) is 5.91 Å². The molecule has 0 aliphatic rings. The summed E-state index contributed by atoms with van der Waals surface area (Å²) in [6.45, 7) is 6.87. The number of aryl methyl sites for hydroxylation is 1. The number of hydrogen-bond acceptors (Lipinski definition) is 6. The molecule has 0 atom stereocenters. The molecule has 3 N–H and O–H groups in total. The molecule has 9 nitrogen and oxygen atoms in total. The number of aromatic nitrogens is 4. The summed E-state index contributed by atoms with van der Waals surface area (Å²) in [6.07, 6.45) is 1.67. The Labute approximate surface area is 198 Å². The number of benzene rings is 2. The fourth-order valence-corrected chi connectivity index (χ4v) is 3.61. The van der Waals surface area contributed by atoms with Crippen LogP contribution >= 0.6 is 0 Å². The molecule has 34 heavy (non-hydrogen) atoms. The number of carbonyl (C=O) groups is 2. The monoisotopic (exact) mass is 459 g/mol. The van der Waals surface area contributed by atoms with Crippen molar-refractivity contribution < 1.29 is 9.59 Å². The Balaban J connectivity index is 1.41. The lowest BCUT2D eigenvalue weighted by Gasteiger charge is -2.12. The second kappa shape index (κ2) is 10.3. The van der Waals surface area contributed by atoms with Gasteiger partial charge in [0, 0.05) is 30.3 Å². The minimum absolute atomic E-state index is 0.0430. The van der Waals surface area contributed by atoms with Crippen LogP contribution in [-0.4, -0.2) is 44.5 Å². The van der Waals surface area contributed by atoms with E-state index in [0.717, 1.165) is 29.7 Å². The Morgan fingerprint density at radius 3 is 2.53 bits per heavy atom. The molecule has 0 aliphatic carbocycles. The largest absolute Gasteiger partial charge is 0.367 e. The van der Waals surface area contributed by atoms with Crippen LogP contribution in [0.1, 0.15) is 42.9 Å². The molecule has 2 aromatic heterocycles. The zero-order valence-corrected chi connectivity index (χ0v) is 19.6. The molecule has 2 aromatic carbocycles. The standard InChI is InChI=1S/C25H29N7O2/c1-16(2)24(33)28-19-11-12-21-20(15-19)29-22(23-31-30-17(3)32(21)23)26-13-7-8-14-27-25(34)18-9-5-4-6-10-18/h4-6,9-12,15-16H,7-8,13-14H2,1-3H3,(H,26,29)(H,27,34)(H,28,33). The summed E-state index contributed by atoms with van der Waals surface area (Å²) < 4.78 is 1.96. The summed E-state index contributed by atoms with van der Waals surface area (Å²) in [7, 11) is 0. The Hall–Kier alpha value is -4.01. The summed E-state index contributed by atoms with van der Waals surface area (Å²) >= 11 is 0. The first-order chi connectivity index (χ1) is 16.4. The van der Waals surface area contributed by atoms with Crippen molar-refractivity contribution in [3.63, 3.8) is 0 Å². The van der Waals surface area contributed by atoms with Gasteiger partial charge in [-0.15, -0.1) is 10.2 Å². The van der Waals surface area contributed by atoms with E-state index in [0.29, 0.717) is 35.8 Å². The maximum atomic E-state index is 12.1. The average molecular weight is 460 g/mol. The molecule has 0 saturated heterocycles. The van der Waals surface area contributed by atoms with Crippen molar-refractivity contribution in [2.75, 3.05) is 23.7 Å². The Bertz CT molecular complexity index is 1320. The van der Waals surface area contributed by atoms with E-state index >= 15 is 0 Å². The number of amides is 2. The van der Waals surface area contributed by atoms with Crippen LogP contribution in [0.2, 0.25) is 0 Å². The lowest BCUT2D eigenvalue weighted by atomic mass is 10.2. The quantitative estimate of drug-likeness (QED) is 0.328. The number of anilines is 2. The first kappa shape index (κ1) is 23.2. The van der Waals surface area contributed by atoms with Crippen LogP contribution in [0.25, 0.3) is 16.7 Å². The Morgan fingerprint density at radius 2 is 1.76 bits per heavy atom. The molecule has 0 bridgehead atoms. The molecular weight excluding hydrogens is 430 g/mol. The second-order valence-electron chi connectivity index (χ2n) is 8.47. The van der Waals surface area contributed by atoms with Gasteiger partial charge in [0.1, 0.15) is 5.82 Å². The molecule has 0 fully saturated rings. The smallest absolute Gasteiger partial charge is 0.251 e. The number of rotatable bonds is 9. The fraction of sp³-hybridized carbons (Fsp3) is 0.320. The Morgan fingerprint density at radius 1 is 1.00 bits per heavy atom. The van der Waals surface area contributed by atoms with Crippen LogP contribution in [0.3, 0.4) is 0 Å². The molecule has 0 saturated carbocycles. The third-order valence-electron chi connectivity index (χ3n) is 5.49. The topological polar surface area (TPSA) is 113 Å². The van der Waals surface area contributed by atoms with Gasteiger partial charge in [0.15, 0.2) is 5.82 Å². The molecule has 0 unspecified atom stereocenters. The zero-order valence-electron chi connectivity index (χ0n) is 19.6. The first-order valence-electron chi connectivity index (χ1n) is 11.5. The first-order valence-corrected chi connectivity index (χ1v) is 11.5. The van der Waals surface area contributed by atoms with E-state index in [1.807, 2.05) is 61.6 Å². The van der Waals surface area contributed by atoms with Gasteiger partial charge in [-0.3, -0.25) is 14.0 Å². The van der Waals surface area contributed by atoms with Gasteiger partial charge < -0.3 is 16.0 Å². The lowest BCUT2D eigenvalue weighted by Crippen LogP contribution is -2.24. The van der Waals surface area contributed by atoms with Gasteiger partial charge in [0.2, 0.25) is 11.6 Å². The highest BCUT2D eigenvalue weighted by molar-refractivity contribution is 5.95. The highest BCUT2D eigenvalue weighted by atomic mass is 16.2. The number of hydrogen-bond donors (Lipinski definition) is 3. The van der Waals surface area contributed by atoms with Crippen molar-refractivity contribution in [3.05, 3.63) is 59.9 Å². The summed E-state index contributed by atoms with van der Waals surface area (Å²) in [4.78, 5) is 29.0. The maximum Gasteiger partial charge on any atom is 0.251 e. The van der Waals surface area contributed by atoms with Crippen LogP contribution in [0.5, 0.6) is 0 Å². The SMILES string of the molecule is Cc1nnc2c(NCCCCNC(=O)c3ccccc3)nc3cc(NC(=O)C(C)C)ccc3n12. The van der Waals surface area contributed by atoms with Crippen LogP contribution in [-0.2, 0) is 4.79 Å². The van der Waals surface area contributed by atoms with E-state index in [2.05, 4.69) is 26.1 Å². The summed E-state index contributed by atoms with van der Waals surface area (Å²) in [6, 6.07) is 14.8. The summed E-state index contributed by atoms with van der Waals surface area (Å²) in [5.41, 5.74) is 3.61. The zero-order chi connectivity index (χ0) is 24.1. The highest BCUT2D eigenvalue weighted by Crippen LogP contribution is 2.24. The molecular formula is C25H29N7O2. The van der Waals surface area contributed by atoms with Gasteiger partial charge in [-0.2, -0.15) is 0 Å². The van der Waals surface area contributed by atoms with E-state index in [9.17, 15) is 9.59 Å². The van der Waals surface area contributed by atoms with E-state index < -0.39 is 0 Å². The number of nitrogens with one attached hydrogen (secondary N) is 3. The van der Waals surface area contributed by atoms with Gasteiger partial charge >= 0.3 is 0 Å². The number of fused-ring (bicyclic) bond motifs is 3. The van der Waals surface area contributed by atoms with Gasteiger partial charge in [-0.1, -0.05) is 32.0 Å². The molecule has 0 aliphatic heterocycles. The molecule has 0 spiro atoms. The number of carbonyl (C=O) groups excluding carboxylic acids is 2. The van der Waals surface area contributed by atoms with E-state index in [1.54, 1.807) is 12.1 Å². The predicted octanol–water partition coefficient (Wildman–Crippen LogP) is 3.80. The van der Waals surface area contributed by atoms with Crippen molar-refractivity contribution in [1.82, 2.24) is 24.9 Å². The van der Waals surface area contributed by atoms with Gasteiger partial charge in [-0.05, 0) is 50.1 Å². The normalized spacial score (nSPS) is 11.2. The van der Waals surface area contributed by atoms with Crippen LogP contribution in [0, 0.1) is 12.8 Å². The van der Waals surface area contributed by atoms with Crippen molar-refractivity contribution in [1.29, 1.82) is 0 Å². The van der Waals surface area contributed by atoms with E-state index in [4.69, 9.17) is 4.98 Å². The molecule has 4 aromatic rings. The lowest BCUT2D eigenvalue weighted by molar-refractivity contribution is -0.118. The molecule has 176 valence electrons. The number of nitrogens with zero attached hydrogens (tertiary/aromatic N) is 4. The minimum atomic E-state index is -0.110. The van der Waals surface area contributed by atoms with Crippen molar-refractivity contribution in [3.8, 4) is 0 Å². The predicted molar refractivity (Wildman–Crippen MR) is 133 cm³/mol. The maximum absolute atomic E-state index is 12.1. The Kier molecular flexibility index (Phi) is 7.01. The van der Waals surface area contributed by atoms with Crippen molar-refractivity contribution >= 4 is 40.0 Å². The van der Waals surface area contributed by atoms with Crippen molar-refractivity contribution in [2.45, 2.75) is 33.6 Å². The van der Waals surface area contributed by atoms with Crippen LogP contribution in [0.4, 0.5) is 11.5 Å². The van der Waals surface area contributed by atoms with Gasteiger partial charge in [-0.25, -0.2) is 4.98 Å². The fourth-order valence-electron chi connectivity index (χ4n) is 3.61. The van der Waals surface area contributed by atoms with Crippen molar-refractivity contribution in [2.24, 2.45) is 5.92 Å². The molecule has 2 heterocycles. The molecule has 2 amide bonds. The van der Waals surface area contributed by atoms with Crippen LogP contribution in [0.15, 0.2) is 48.5 Å². The molecule has 0 radical (unpaired) electrons. The third-order valence-corrected chi connectivity index (χ3v) is 5.49. The van der Waals surface area contributed by atoms with E-state index in [-0.39, 0.29) is 17.7 Å². The molecule has 9 heteroatoms.